The van der Waals surface area contributed by atoms with E-state index in [4.69, 9.17) is 0 Å². The maximum atomic E-state index is 12.0. The van der Waals surface area contributed by atoms with Crippen molar-refractivity contribution in [1.29, 1.82) is 0 Å². The molecule has 1 aliphatic carbocycles. The molecule has 2 heterocycles. The number of carbonyl (C=O) groups excluding carboxylic acids is 2. The van der Waals surface area contributed by atoms with Gasteiger partial charge in [-0.2, -0.15) is 0 Å². The number of nitrogens with one attached hydrogen (secondary N) is 2. The molecule has 106 valence electrons. The maximum Gasteiger partial charge on any atom is 0.237 e. The molecule has 3 fully saturated rings. The third-order valence-corrected chi connectivity index (χ3v) is 4.52. The Labute approximate surface area is 114 Å². The van der Waals surface area contributed by atoms with Crippen molar-refractivity contribution in [2.45, 2.75) is 50.6 Å². The second-order valence-corrected chi connectivity index (χ2v) is 6.04. The van der Waals surface area contributed by atoms with Crippen LogP contribution in [0.15, 0.2) is 0 Å². The first-order valence-electron chi connectivity index (χ1n) is 7.56. The van der Waals surface area contributed by atoms with Crippen LogP contribution < -0.4 is 10.6 Å². The minimum absolute atomic E-state index is 0.0428. The highest BCUT2D eigenvalue weighted by molar-refractivity contribution is 5.82. The van der Waals surface area contributed by atoms with Crippen LogP contribution in [0.5, 0.6) is 0 Å². The summed E-state index contributed by atoms with van der Waals surface area (Å²) in [6, 6.07) is 0.496. The van der Waals surface area contributed by atoms with Crippen molar-refractivity contribution in [3.05, 3.63) is 0 Å². The fourth-order valence-corrected chi connectivity index (χ4v) is 3.12. The van der Waals surface area contributed by atoms with Crippen LogP contribution in [-0.2, 0) is 9.59 Å². The van der Waals surface area contributed by atoms with Crippen molar-refractivity contribution in [3.8, 4) is 0 Å². The molecule has 0 bridgehead atoms. The van der Waals surface area contributed by atoms with Gasteiger partial charge in [-0.1, -0.05) is 0 Å². The molecule has 1 atom stereocenters. The first kappa shape index (κ1) is 12.9. The van der Waals surface area contributed by atoms with E-state index in [1.54, 1.807) is 0 Å². The Hall–Kier alpha value is -1.10. The van der Waals surface area contributed by atoms with Gasteiger partial charge in [0, 0.05) is 18.5 Å². The lowest BCUT2D eigenvalue weighted by Gasteiger charge is -2.38. The summed E-state index contributed by atoms with van der Waals surface area (Å²) in [5, 5.41) is 6.03. The third-order valence-electron chi connectivity index (χ3n) is 4.52. The van der Waals surface area contributed by atoms with Gasteiger partial charge in [0.15, 0.2) is 0 Å². The smallest absolute Gasteiger partial charge is 0.237 e. The molecule has 0 spiro atoms. The number of hydrogen-bond acceptors (Lipinski definition) is 3. The third kappa shape index (κ3) is 3.08. The van der Waals surface area contributed by atoms with Gasteiger partial charge in [-0.05, 0) is 51.6 Å². The molecular weight excluding hydrogens is 242 g/mol. The van der Waals surface area contributed by atoms with E-state index >= 15 is 0 Å². The molecule has 3 aliphatic rings. The molecule has 2 N–H and O–H groups in total. The van der Waals surface area contributed by atoms with E-state index in [2.05, 4.69) is 15.5 Å². The molecule has 0 aromatic carbocycles. The Morgan fingerprint density at radius 2 is 1.89 bits per heavy atom. The molecule has 0 aromatic heterocycles. The summed E-state index contributed by atoms with van der Waals surface area (Å²) < 4.78 is 0. The predicted molar refractivity (Wildman–Crippen MR) is 71.5 cm³/mol. The van der Waals surface area contributed by atoms with Crippen LogP contribution in [0, 0.1) is 5.92 Å². The average Bonchev–Trinajstić information content (AvgIpc) is 3.23. The summed E-state index contributed by atoms with van der Waals surface area (Å²) in [6.45, 7) is 2.57. The van der Waals surface area contributed by atoms with Gasteiger partial charge >= 0.3 is 0 Å². The van der Waals surface area contributed by atoms with Crippen molar-refractivity contribution >= 4 is 11.8 Å². The number of nitrogens with zero attached hydrogens (tertiary/aromatic N) is 1. The molecule has 1 unspecified atom stereocenters. The molecule has 2 saturated heterocycles. The lowest BCUT2D eigenvalue weighted by Crippen LogP contribution is -2.53. The zero-order chi connectivity index (χ0) is 13.2. The van der Waals surface area contributed by atoms with Gasteiger partial charge in [0.2, 0.25) is 11.8 Å². The molecule has 1 saturated carbocycles. The predicted octanol–water partition coefficient (Wildman–Crippen LogP) is 0.256. The van der Waals surface area contributed by atoms with Crippen LogP contribution in [0.4, 0.5) is 0 Å². The minimum Gasteiger partial charge on any atom is -0.355 e. The van der Waals surface area contributed by atoms with E-state index in [0.29, 0.717) is 6.04 Å². The highest BCUT2D eigenvalue weighted by atomic mass is 16.2. The first-order chi connectivity index (χ1) is 9.24. The van der Waals surface area contributed by atoms with E-state index in [1.807, 2.05) is 0 Å². The van der Waals surface area contributed by atoms with Crippen molar-refractivity contribution in [1.82, 2.24) is 15.5 Å². The van der Waals surface area contributed by atoms with Gasteiger partial charge in [0.05, 0.1) is 6.04 Å². The quantitative estimate of drug-likeness (QED) is 0.769. The molecule has 5 nitrogen and oxygen atoms in total. The molecule has 19 heavy (non-hydrogen) atoms. The first-order valence-corrected chi connectivity index (χ1v) is 7.56. The fraction of sp³-hybridized carbons (Fsp3) is 0.857. The number of carbonyl (C=O) groups is 2. The van der Waals surface area contributed by atoms with Crippen LogP contribution in [-0.4, -0.2) is 48.4 Å². The van der Waals surface area contributed by atoms with Crippen molar-refractivity contribution in [2.24, 2.45) is 5.92 Å². The molecular formula is C14H23N3O2. The Morgan fingerprint density at radius 1 is 1.16 bits per heavy atom. The van der Waals surface area contributed by atoms with Crippen LogP contribution in [0.3, 0.4) is 0 Å². The Bertz CT molecular complexity index is 360. The highest BCUT2D eigenvalue weighted by Gasteiger charge is 2.34. The van der Waals surface area contributed by atoms with Crippen molar-refractivity contribution in [2.75, 3.05) is 19.6 Å². The number of piperidine rings is 2. The summed E-state index contributed by atoms with van der Waals surface area (Å²) in [5.74, 6) is 0.561. The Kier molecular flexibility index (Phi) is 3.73. The van der Waals surface area contributed by atoms with Crippen molar-refractivity contribution in [3.63, 3.8) is 0 Å². The van der Waals surface area contributed by atoms with Gasteiger partial charge in [0.1, 0.15) is 0 Å². The summed E-state index contributed by atoms with van der Waals surface area (Å²) >= 11 is 0. The summed E-state index contributed by atoms with van der Waals surface area (Å²) in [5.41, 5.74) is 0. The molecule has 0 radical (unpaired) electrons. The molecule has 5 heteroatoms. The van der Waals surface area contributed by atoms with Gasteiger partial charge in [-0.15, -0.1) is 0 Å². The standard InChI is InChI=1S/C14H23N3O2/c18-13(16-11-3-4-11)10-5-8-17(9-6-10)12-2-1-7-15-14(12)19/h10-12H,1-9H2,(H,15,19)(H,16,18). The fourth-order valence-electron chi connectivity index (χ4n) is 3.12. The zero-order valence-corrected chi connectivity index (χ0v) is 11.4. The zero-order valence-electron chi connectivity index (χ0n) is 11.4. The topological polar surface area (TPSA) is 61.4 Å². The number of rotatable bonds is 3. The molecule has 2 aliphatic heterocycles. The second-order valence-electron chi connectivity index (χ2n) is 6.04. The van der Waals surface area contributed by atoms with Gasteiger partial charge < -0.3 is 10.6 Å². The normalized spacial score (nSPS) is 29.9. The summed E-state index contributed by atoms with van der Waals surface area (Å²) in [4.78, 5) is 26.1. The number of amides is 2. The van der Waals surface area contributed by atoms with E-state index < -0.39 is 0 Å². The Morgan fingerprint density at radius 3 is 2.53 bits per heavy atom. The highest BCUT2D eigenvalue weighted by Crippen LogP contribution is 2.24. The average molecular weight is 265 g/mol. The monoisotopic (exact) mass is 265 g/mol. The summed E-state index contributed by atoms with van der Waals surface area (Å²) in [7, 11) is 0. The SMILES string of the molecule is O=C(NC1CC1)C1CCN(C2CCCNC2=O)CC1. The van der Waals surface area contributed by atoms with E-state index in [-0.39, 0.29) is 23.8 Å². The number of likely N-dealkylation sites (tertiary alicyclic amines) is 1. The van der Waals surface area contributed by atoms with Crippen LogP contribution in [0.2, 0.25) is 0 Å². The van der Waals surface area contributed by atoms with E-state index in [1.165, 1.54) is 0 Å². The molecule has 2 amide bonds. The van der Waals surface area contributed by atoms with Gasteiger partial charge in [-0.25, -0.2) is 0 Å². The van der Waals surface area contributed by atoms with Crippen molar-refractivity contribution < 1.29 is 9.59 Å². The van der Waals surface area contributed by atoms with Crippen LogP contribution >= 0.6 is 0 Å². The maximum absolute atomic E-state index is 12.0. The van der Waals surface area contributed by atoms with Gasteiger partial charge in [-0.3, -0.25) is 14.5 Å². The Balaban J connectivity index is 1.48. The lowest BCUT2D eigenvalue weighted by molar-refractivity contribution is -0.130. The van der Waals surface area contributed by atoms with E-state index in [0.717, 1.165) is 58.2 Å². The number of hydrogen-bond donors (Lipinski definition) is 2. The lowest BCUT2D eigenvalue weighted by atomic mass is 9.93. The van der Waals surface area contributed by atoms with E-state index in [9.17, 15) is 9.59 Å². The van der Waals surface area contributed by atoms with Gasteiger partial charge in [0.25, 0.3) is 0 Å². The summed E-state index contributed by atoms with van der Waals surface area (Å²) in [6.07, 6.45) is 6.10. The minimum atomic E-state index is 0.0428. The second kappa shape index (κ2) is 5.49. The molecule has 0 aromatic rings. The van der Waals surface area contributed by atoms with Crippen LogP contribution in [0.1, 0.15) is 38.5 Å². The molecule has 3 rings (SSSR count). The largest absolute Gasteiger partial charge is 0.355 e. The van der Waals surface area contributed by atoms with Crippen LogP contribution in [0.25, 0.3) is 0 Å².